The summed E-state index contributed by atoms with van der Waals surface area (Å²) in [7, 11) is 0. The number of benzene rings is 8. The lowest BCUT2D eigenvalue weighted by molar-refractivity contribution is 1.03. The fraction of sp³-hybridized carbons (Fsp3) is 0. The number of thiophene rings is 2. The van der Waals surface area contributed by atoms with Crippen LogP contribution in [0.3, 0.4) is 0 Å². The van der Waals surface area contributed by atoms with Crippen molar-refractivity contribution in [2.75, 3.05) is 0 Å². The van der Waals surface area contributed by atoms with Crippen molar-refractivity contribution in [1.82, 2.24) is 29.1 Å². The van der Waals surface area contributed by atoms with Gasteiger partial charge in [0.15, 0.2) is 17.5 Å². The molecule has 0 saturated carbocycles. The van der Waals surface area contributed by atoms with Crippen molar-refractivity contribution in [3.8, 4) is 45.7 Å². The van der Waals surface area contributed by atoms with Gasteiger partial charge in [-0.1, -0.05) is 133 Å². The van der Waals surface area contributed by atoms with E-state index < -0.39 is 0 Å². The zero-order valence-electron chi connectivity index (χ0n) is 34.0. The highest BCUT2D eigenvalue weighted by Gasteiger charge is 2.24. The van der Waals surface area contributed by atoms with E-state index in [1.807, 2.05) is 65.3 Å². The molecule has 6 aromatic heterocycles. The van der Waals surface area contributed by atoms with Gasteiger partial charge >= 0.3 is 0 Å². The van der Waals surface area contributed by atoms with E-state index in [0.29, 0.717) is 17.5 Å². The molecular formula is C56H32N6S2. The number of aromatic nitrogens is 6. The second-order valence-electron chi connectivity index (χ2n) is 16.2. The molecule has 8 heteroatoms. The van der Waals surface area contributed by atoms with Gasteiger partial charge in [0.2, 0.25) is 0 Å². The van der Waals surface area contributed by atoms with Gasteiger partial charge in [-0.05, 0) is 54.6 Å². The zero-order valence-corrected chi connectivity index (χ0v) is 35.6. The summed E-state index contributed by atoms with van der Waals surface area (Å²) < 4.78 is 9.71. The highest BCUT2D eigenvalue weighted by atomic mass is 32.1. The Morgan fingerprint density at radius 1 is 0.328 bits per heavy atom. The summed E-state index contributed by atoms with van der Waals surface area (Å²) in [4.78, 5) is 21.3. The third-order valence-corrected chi connectivity index (χ3v) is 14.9. The maximum Gasteiger partial charge on any atom is 0.167 e. The van der Waals surface area contributed by atoms with Gasteiger partial charge in [-0.15, -0.1) is 22.7 Å². The predicted molar refractivity (Wildman–Crippen MR) is 268 cm³/mol. The molecule has 6 heterocycles. The molecule has 0 bridgehead atoms. The Kier molecular flexibility index (Phi) is 7.63. The molecule has 0 radical (unpaired) electrons. The van der Waals surface area contributed by atoms with Gasteiger partial charge in [-0.2, -0.15) is 0 Å². The van der Waals surface area contributed by atoms with Crippen LogP contribution in [0.2, 0.25) is 0 Å². The topological polar surface area (TPSA) is 61.4 Å². The zero-order chi connectivity index (χ0) is 41.9. The molecule has 14 rings (SSSR count). The van der Waals surface area contributed by atoms with E-state index in [4.69, 9.17) is 19.9 Å². The number of hydrogen-bond acceptors (Lipinski definition) is 6. The Morgan fingerprint density at radius 3 is 1.34 bits per heavy atom. The van der Waals surface area contributed by atoms with Crippen molar-refractivity contribution in [1.29, 1.82) is 0 Å². The van der Waals surface area contributed by atoms with Crippen LogP contribution in [0.5, 0.6) is 0 Å². The van der Waals surface area contributed by atoms with E-state index in [1.54, 1.807) is 0 Å². The summed E-state index contributed by atoms with van der Waals surface area (Å²) in [5.74, 6) is 2.48. The van der Waals surface area contributed by atoms with Crippen molar-refractivity contribution in [3.63, 3.8) is 0 Å². The second-order valence-corrected chi connectivity index (χ2v) is 18.4. The number of para-hydroxylation sites is 2. The number of hydrogen-bond donors (Lipinski definition) is 0. The third-order valence-electron chi connectivity index (χ3n) is 12.6. The molecule has 64 heavy (non-hydrogen) atoms. The Morgan fingerprint density at radius 2 is 0.781 bits per heavy atom. The molecule has 0 atom stereocenters. The summed E-state index contributed by atoms with van der Waals surface area (Å²) in [5.41, 5.74) is 7.89. The van der Waals surface area contributed by atoms with Crippen LogP contribution in [-0.2, 0) is 0 Å². The first kappa shape index (κ1) is 35.5. The summed E-state index contributed by atoms with van der Waals surface area (Å²) in [6, 6.07) is 66.8. The molecule has 0 aliphatic rings. The fourth-order valence-electron chi connectivity index (χ4n) is 9.72. The van der Waals surface area contributed by atoms with Crippen LogP contribution in [0, 0.1) is 0 Å². The number of fused-ring (bicyclic) bond motifs is 12. The molecule has 0 aliphatic heterocycles. The normalized spacial score (nSPS) is 12.1. The molecular weight excluding hydrogens is 821 g/mol. The molecule has 6 nitrogen and oxygen atoms in total. The molecule has 0 spiro atoms. The number of rotatable bonds is 5. The molecule has 14 aromatic rings. The lowest BCUT2D eigenvalue weighted by Gasteiger charge is -2.16. The van der Waals surface area contributed by atoms with Gasteiger partial charge in [0, 0.05) is 73.0 Å². The van der Waals surface area contributed by atoms with Gasteiger partial charge in [-0.3, -0.25) is 4.57 Å². The molecule has 0 aliphatic carbocycles. The van der Waals surface area contributed by atoms with Crippen molar-refractivity contribution in [2.45, 2.75) is 0 Å². The van der Waals surface area contributed by atoms with E-state index >= 15 is 0 Å². The molecule has 0 N–H and O–H groups in total. The lowest BCUT2D eigenvalue weighted by atomic mass is 10.1. The smallest absolute Gasteiger partial charge is 0.167 e. The van der Waals surface area contributed by atoms with E-state index in [1.165, 1.54) is 56.5 Å². The molecule has 298 valence electrons. The number of nitrogens with zero attached hydrogens (tertiary/aromatic N) is 6. The van der Waals surface area contributed by atoms with Crippen molar-refractivity contribution >= 4 is 107 Å². The van der Waals surface area contributed by atoms with Crippen LogP contribution in [0.25, 0.3) is 130 Å². The molecule has 0 unspecified atom stereocenters. The van der Waals surface area contributed by atoms with E-state index in [9.17, 15) is 0 Å². The lowest BCUT2D eigenvalue weighted by Crippen LogP contribution is -2.07. The maximum atomic E-state index is 5.54. The van der Waals surface area contributed by atoms with Crippen LogP contribution >= 0.6 is 22.7 Å². The average Bonchev–Trinajstić information content (AvgIpc) is 4.10. The monoisotopic (exact) mass is 852 g/mol. The van der Waals surface area contributed by atoms with Crippen LogP contribution in [-0.4, -0.2) is 29.1 Å². The highest BCUT2D eigenvalue weighted by Crippen LogP contribution is 2.44. The van der Waals surface area contributed by atoms with E-state index in [2.05, 4.69) is 161 Å². The van der Waals surface area contributed by atoms with E-state index in [0.717, 1.165) is 55.6 Å². The first-order valence-corrected chi connectivity index (χ1v) is 22.9. The van der Waals surface area contributed by atoms with E-state index in [-0.39, 0.29) is 0 Å². The first-order chi connectivity index (χ1) is 31.7. The highest BCUT2D eigenvalue weighted by molar-refractivity contribution is 7.26. The summed E-state index contributed by atoms with van der Waals surface area (Å²) in [5, 5.41) is 9.81. The second kappa shape index (κ2) is 13.7. The SMILES string of the molecule is c1ccc(-c2nc(-c3ccccc3)nc(-c3cc(-n4c5ccccc5c5cc6c(cc54)sc4ccccc46)cnc3-n3c4ccccc4c4cc5c(cc43)sc3ccccc35)n2)cc1. The minimum Gasteiger partial charge on any atom is -0.308 e. The van der Waals surface area contributed by atoms with Crippen molar-refractivity contribution in [2.24, 2.45) is 0 Å². The third kappa shape index (κ3) is 5.30. The molecule has 0 amide bonds. The minimum atomic E-state index is 0.540. The Bertz CT molecular complexity index is 4140. The van der Waals surface area contributed by atoms with Gasteiger partial charge in [0.25, 0.3) is 0 Å². The van der Waals surface area contributed by atoms with Crippen LogP contribution in [0.15, 0.2) is 194 Å². The van der Waals surface area contributed by atoms with Crippen LogP contribution in [0.4, 0.5) is 0 Å². The Hall–Kier alpha value is -8.04. The molecule has 0 saturated heterocycles. The van der Waals surface area contributed by atoms with Gasteiger partial charge in [0.1, 0.15) is 5.82 Å². The molecule has 8 aromatic carbocycles. The maximum absolute atomic E-state index is 5.54. The van der Waals surface area contributed by atoms with Crippen molar-refractivity contribution < 1.29 is 0 Å². The Balaban J connectivity index is 1.10. The summed E-state index contributed by atoms with van der Waals surface area (Å²) >= 11 is 3.66. The molecule has 0 fully saturated rings. The fourth-order valence-corrected chi connectivity index (χ4v) is 12.0. The van der Waals surface area contributed by atoms with Crippen LogP contribution < -0.4 is 0 Å². The summed E-state index contributed by atoms with van der Waals surface area (Å²) in [6.07, 6.45) is 2.02. The standard InChI is InChI=1S/C56H32N6S2/c1-3-15-33(16-4-1)53-58-54(34-17-5-2-6-18-34)60-55(59-53)44-27-35(61-45-23-11-7-19-36(45)40-28-42-38-21-9-13-25-49(38)63-51(42)30-47(40)61)32-57-56(44)62-46-24-12-8-20-37(46)41-29-43-39-22-10-14-26-50(39)64-52(43)31-48(41)62/h1-32H. The number of pyridine rings is 1. The van der Waals surface area contributed by atoms with Crippen molar-refractivity contribution in [3.05, 3.63) is 194 Å². The predicted octanol–water partition coefficient (Wildman–Crippen LogP) is 15.2. The Labute approximate surface area is 373 Å². The van der Waals surface area contributed by atoms with Gasteiger partial charge in [0.05, 0.1) is 39.5 Å². The first-order valence-electron chi connectivity index (χ1n) is 21.3. The summed E-state index contributed by atoms with van der Waals surface area (Å²) in [6.45, 7) is 0. The van der Waals surface area contributed by atoms with Crippen LogP contribution in [0.1, 0.15) is 0 Å². The van der Waals surface area contributed by atoms with Gasteiger partial charge < -0.3 is 4.57 Å². The minimum absolute atomic E-state index is 0.540. The average molecular weight is 853 g/mol. The largest absolute Gasteiger partial charge is 0.308 e. The quantitative estimate of drug-likeness (QED) is 0.173. The van der Waals surface area contributed by atoms with Gasteiger partial charge in [-0.25, -0.2) is 19.9 Å².